The van der Waals surface area contributed by atoms with E-state index in [-0.39, 0.29) is 12.4 Å². The highest BCUT2D eigenvalue weighted by Gasteiger charge is 2.14. The van der Waals surface area contributed by atoms with Crippen LogP contribution in [0.2, 0.25) is 0 Å². The van der Waals surface area contributed by atoms with Gasteiger partial charge in [-0.15, -0.1) is 0 Å². The van der Waals surface area contributed by atoms with Gasteiger partial charge in [0, 0.05) is 19.6 Å². The van der Waals surface area contributed by atoms with Crippen molar-refractivity contribution in [2.45, 2.75) is 19.2 Å². The van der Waals surface area contributed by atoms with E-state index in [1.54, 1.807) is 19.2 Å². The second-order valence-corrected chi connectivity index (χ2v) is 6.92. The largest absolute Gasteiger partial charge is 0.497 e. The lowest BCUT2D eigenvalue weighted by atomic mass is 10.1. The van der Waals surface area contributed by atoms with Crippen LogP contribution in [0.3, 0.4) is 0 Å². The summed E-state index contributed by atoms with van der Waals surface area (Å²) < 4.78 is 24.1. The number of hydrogen-bond acceptors (Lipinski definition) is 4. The van der Waals surface area contributed by atoms with E-state index < -0.39 is 6.10 Å². The van der Waals surface area contributed by atoms with Crippen LogP contribution in [0.25, 0.3) is 0 Å². The molecule has 1 atom stereocenters. The molecule has 3 aromatic rings. The Morgan fingerprint density at radius 1 is 0.828 bits per heavy atom. The molecule has 3 rings (SSSR count). The Balaban J connectivity index is 1.64. The summed E-state index contributed by atoms with van der Waals surface area (Å²) >= 11 is 0. The van der Waals surface area contributed by atoms with Crippen molar-refractivity contribution in [2.75, 3.05) is 20.3 Å². The highest BCUT2D eigenvalue weighted by Crippen LogP contribution is 2.16. The minimum Gasteiger partial charge on any atom is -0.497 e. The maximum atomic E-state index is 13.2. The summed E-state index contributed by atoms with van der Waals surface area (Å²) in [4.78, 5) is 2.12. The molecule has 0 aliphatic heterocycles. The molecule has 0 unspecified atom stereocenters. The van der Waals surface area contributed by atoms with Gasteiger partial charge in [-0.05, 0) is 47.5 Å². The van der Waals surface area contributed by atoms with Gasteiger partial charge in [0.25, 0.3) is 0 Å². The highest BCUT2D eigenvalue weighted by atomic mass is 19.1. The molecular formula is C24H26FNO3. The average molecular weight is 395 g/mol. The number of benzene rings is 3. The highest BCUT2D eigenvalue weighted by molar-refractivity contribution is 5.27. The number of halogens is 1. The maximum Gasteiger partial charge on any atom is 0.123 e. The number of hydrogen-bond donors (Lipinski definition) is 1. The van der Waals surface area contributed by atoms with Gasteiger partial charge in [0.05, 0.1) is 7.11 Å². The fourth-order valence-corrected chi connectivity index (χ4v) is 3.08. The number of rotatable bonds is 10. The van der Waals surface area contributed by atoms with E-state index in [0.717, 1.165) is 22.6 Å². The zero-order valence-electron chi connectivity index (χ0n) is 16.5. The Morgan fingerprint density at radius 3 is 2.00 bits per heavy atom. The Bertz CT molecular complexity index is 854. The molecule has 0 amide bonds. The van der Waals surface area contributed by atoms with Crippen molar-refractivity contribution in [2.24, 2.45) is 0 Å². The number of methoxy groups -OCH3 is 1. The zero-order chi connectivity index (χ0) is 20.5. The normalized spacial score (nSPS) is 12.0. The van der Waals surface area contributed by atoms with Crippen LogP contribution in [0.4, 0.5) is 4.39 Å². The maximum absolute atomic E-state index is 13.2. The van der Waals surface area contributed by atoms with E-state index in [0.29, 0.717) is 19.6 Å². The third kappa shape index (κ3) is 6.89. The Morgan fingerprint density at radius 2 is 1.41 bits per heavy atom. The molecule has 4 nitrogen and oxygen atoms in total. The van der Waals surface area contributed by atoms with E-state index in [9.17, 15) is 9.50 Å². The molecule has 1 N–H and O–H groups in total. The first-order valence-electron chi connectivity index (χ1n) is 9.58. The number of aliphatic hydroxyl groups excluding tert-OH is 1. The number of nitrogens with zero attached hydrogens (tertiary/aromatic N) is 1. The number of ether oxygens (including phenoxy) is 2. The zero-order valence-corrected chi connectivity index (χ0v) is 16.5. The van der Waals surface area contributed by atoms with Crippen LogP contribution in [-0.4, -0.2) is 36.4 Å². The van der Waals surface area contributed by atoms with Crippen molar-refractivity contribution >= 4 is 0 Å². The second kappa shape index (κ2) is 10.6. The molecular weight excluding hydrogens is 369 g/mol. The van der Waals surface area contributed by atoms with Gasteiger partial charge >= 0.3 is 0 Å². The van der Waals surface area contributed by atoms with Gasteiger partial charge < -0.3 is 14.6 Å². The molecule has 0 saturated heterocycles. The monoisotopic (exact) mass is 395 g/mol. The molecule has 0 aromatic heterocycles. The summed E-state index contributed by atoms with van der Waals surface area (Å²) in [5.41, 5.74) is 2.08. The van der Waals surface area contributed by atoms with Gasteiger partial charge in [-0.25, -0.2) is 4.39 Å². The first-order valence-corrected chi connectivity index (χ1v) is 9.58. The minimum absolute atomic E-state index is 0.201. The summed E-state index contributed by atoms with van der Waals surface area (Å²) in [5, 5.41) is 10.5. The standard InChI is InChI=1S/C24H26FNO3/c1-28-23-13-9-20(10-14-23)16-26(15-19-7-11-21(25)12-8-19)17-22(27)18-29-24-5-3-2-4-6-24/h2-14,22,27H,15-18H2,1H3/t22-/m1/s1. The molecule has 0 radical (unpaired) electrons. The fourth-order valence-electron chi connectivity index (χ4n) is 3.08. The molecule has 29 heavy (non-hydrogen) atoms. The number of aliphatic hydroxyl groups is 1. The van der Waals surface area contributed by atoms with E-state index in [1.165, 1.54) is 12.1 Å². The van der Waals surface area contributed by atoms with Crippen molar-refractivity contribution in [1.29, 1.82) is 0 Å². The molecule has 152 valence electrons. The Labute approximate surface area is 171 Å². The lowest BCUT2D eigenvalue weighted by molar-refractivity contribution is 0.0628. The predicted octanol–water partition coefficient (Wildman–Crippen LogP) is 4.28. The molecule has 0 bridgehead atoms. The van der Waals surface area contributed by atoms with Gasteiger partial charge in [-0.2, -0.15) is 0 Å². The van der Waals surface area contributed by atoms with E-state index in [1.807, 2.05) is 54.6 Å². The fraction of sp³-hybridized carbons (Fsp3) is 0.250. The van der Waals surface area contributed by atoms with Crippen molar-refractivity contribution < 1.29 is 19.0 Å². The first-order chi connectivity index (χ1) is 14.1. The minimum atomic E-state index is -0.658. The first kappa shape index (κ1) is 20.8. The van der Waals surface area contributed by atoms with Crippen LogP contribution < -0.4 is 9.47 Å². The summed E-state index contributed by atoms with van der Waals surface area (Å²) in [7, 11) is 1.64. The quantitative estimate of drug-likeness (QED) is 0.557. The molecule has 5 heteroatoms. The smallest absolute Gasteiger partial charge is 0.123 e. The van der Waals surface area contributed by atoms with Gasteiger partial charge in [0.1, 0.15) is 30.0 Å². The SMILES string of the molecule is COc1ccc(CN(Cc2ccc(F)cc2)C[C@@H](O)COc2ccccc2)cc1. The van der Waals surface area contributed by atoms with Crippen molar-refractivity contribution in [3.63, 3.8) is 0 Å². The lowest BCUT2D eigenvalue weighted by Crippen LogP contribution is -2.35. The van der Waals surface area contributed by atoms with Crippen molar-refractivity contribution in [3.05, 3.63) is 95.8 Å². The van der Waals surface area contributed by atoms with E-state index >= 15 is 0 Å². The van der Waals surface area contributed by atoms with Crippen LogP contribution in [0.15, 0.2) is 78.9 Å². The topological polar surface area (TPSA) is 41.9 Å². The molecule has 0 aliphatic rings. The molecule has 0 heterocycles. The van der Waals surface area contributed by atoms with Crippen LogP contribution in [0, 0.1) is 5.82 Å². The average Bonchev–Trinajstić information content (AvgIpc) is 2.75. The van der Waals surface area contributed by atoms with Crippen molar-refractivity contribution in [1.82, 2.24) is 4.90 Å². The summed E-state index contributed by atoms with van der Waals surface area (Å²) in [6.07, 6.45) is -0.658. The van der Waals surface area contributed by atoms with Crippen LogP contribution in [0.5, 0.6) is 11.5 Å². The predicted molar refractivity (Wildman–Crippen MR) is 111 cm³/mol. The lowest BCUT2D eigenvalue weighted by Gasteiger charge is -2.25. The Hall–Kier alpha value is -2.89. The molecule has 0 aliphatic carbocycles. The summed E-state index contributed by atoms with van der Waals surface area (Å²) in [6, 6.07) is 23.7. The molecule has 0 fully saturated rings. The van der Waals surface area contributed by atoms with Gasteiger partial charge in [0.2, 0.25) is 0 Å². The van der Waals surface area contributed by atoms with Gasteiger partial charge in [-0.1, -0.05) is 42.5 Å². The molecule has 0 spiro atoms. The molecule has 0 saturated carbocycles. The van der Waals surface area contributed by atoms with Crippen LogP contribution in [-0.2, 0) is 13.1 Å². The summed E-state index contributed by atoms with van der Waals surface area (Å²) in [6.45, 7) is 1.86. The van der Waals surface area contributed by atoms with Crippen molar-refractivity contribution in [3.8, 4) is 11.5 Å². The van der Waals surface area contributed by atoms with Crippen LogP contribution in [0.1, 0.15) is 11.1 Å². The van der Waals surface area contributed by atoms with E-state index in [4.69, 9.17) is 9.47 Å². The third-order valence-corrected chi connectivity index (χ3v) is 4.54. The number of para-hydroxylation sites is 1. The second-order valence-electron chi connectivity index (χ2n) is 6.92. The van der Waals surface area contributed by atoms with Crippen LogP contribution >= 0.6 is 0 Å². The van der Waals surface area contributed by atoms with E-state index in [2.05, 4.69) is 4.90 Å². The van der Waals surface area contributed by atoms with Gasteiger partial charge in [0.15, 0.2) is 0 Å². The molecule has 3 aromatic carbocycles. The third-order valence-electron chi connectivity index (χ3n) is 4.54. The Kier molecular flexibility index (Phi) is 7.61. The van der Waals surface area contributed by atoms with Gasteiger partial charge in [-0.3, -0.25) is 4.90 Å². The summed E-state index contributed by atoms with van der Waals surface area (Å²) in [5.74, 6) is 1.27.